The summed E-state index contributed by atoms with van der Waals surface area (Å²) in [6.07, 6.45) is -1.39. The molecule has 2 rings (SSSR count). The van der Waals surface area contributed by atoms with Gasteiger partial charge in [-0.2, -0.15) is 13.2 Å². The van der Waals surface area contributed by atoms with Crippen LogP contribution in [0, 0.1) is 5.92 Å². The molecule has 20 heavy (non-hydrogen) atoms. The van der Waals surface area contributed by atoms with Crippen LogP contribution < -0.4 is 10.2 Å². The van der Waals surface area contributed by atoms with Gasteiger partial charge in [-0.3, -0.25) is 0 Å². The zero-order valence-corrected chi connectivity index (χ0v) is 11.5. The van der Waals surface area contributed by atoms with E-state index < -0.39 is 12.1 Å². The van der Waals surface area contributed by atoms with E-state index in [0.29, 0.717) is 18.9 Å². The van der Waals surface area contributed by atoms with Crippen LogP contribution in [0.25, 0.3) is 0 Å². The summed E-state index contributed by atoms with van der Waals surface area (Å²) in [5, 5.41) is 3.15. The maximum absolute atomic E-state index is 12.6. The van der Waals surface area contributed by atoms with E-state index in [1.165, 1.54) is 6.33 Å². The SMILES string of the molecule is CCCNc1cc(N2CCC(C(F)(F)F)CC2)ncn1. The van der Waals surface area contributed by atoms with Crippen LogP contribution in [0.15, 0.2) is 12.4 Å². The molecule has 0 amide bonds. The molecule has 0 saturated carbocycles. The smallest absolute Gasteiger partial charge is 0.370 e. The molecule has 0 radical (unpaired) electrons. The van der Waals surface area contributed by atoms with Crippen molar-refractivity contribution in [3.8, 4) is 0 Å². The van der Waals surface area contributed by atoms with Gasteiger partial charge in [-0.25, -0.2) is 9.97 Å². The molecule has 1 N–H and O–H groups in total. The molecule has 0 spiro atoms. The van der Waals surface area contributed by atoms with Crippen LogP contribution in [0.5, 0.6) is 0 Å². The van der Waals surface area contributed by atoms with Gasteiger partial charge in [0, 0.05) is 25.7 Å². The van der Waals surface area contributed by atoms with Crippen molar-refractivity contribution in [3.63, 3.8) is 0 Å². The van der Waals surface area contributed by atoms with Gasteiger partial charge in [-0.15, -0.1) is 0 Å². The molecular weight excluding hydrogens is 269 g/mol. The third-order valence-electron chi connectivity index (χ3n) is 3.49. The number of alkyl halides is 3. The third-order valence-corrected chi connectivity index (χ3v) is 3.49. The van der Waals surface area contributed by atoms with Gasteiger partial charge < -0.3 is 10.2 Å². The molecule has 0 aliphatic carbocycles. The zero-order chi connectivity index (χ0) is 14.6. The van der Waals surface area contributed by atoms with Crippen molar-refractivity contribution in [1.82, 2.24) is 9.97 Å². The number of rotatable bonds is 4. The topological polar surface area (TPSA) is 41.0 Å². The lowest BCUT2D eigenvalue weighted by Gasteiger charge is -2.33. The average molecular weight is 288 g/mol. The van der Waals surface area contributed by atoms with E-state index in [1.807, 2.05) is 4.90 Å². The molecule has 1 aromatic heterocycles. The summed E-state index contributed by atoms with van der Waals surface area (Å²) in [4.78, 5) is 10.1. The molecule has 1 saturated heterocycles. The number of anilines is 2. The van der Waals surface area contributed by atoms with Gasteiger partial charge in [-0.1, -0.05) is 6.92 Å². The Labute approximate surface area is 116 Å². The molecule has 0 aromatic carbocycles. The van der Waals surface area contributed by atoms with Crippen LogP contribution in [0.4, 0.5) is 24.8 Å². The van der Waals surface area contributed by atoms with Crippen LogP contribution in [-0.4, -0.2) is 35.8 Å². The third kappa shape index (κ3) is 3.74. The minimum Gasteiger partial charge on any atom is -0.370 e. The van der Waals surface area contributed by atoms with Gasteiger partial charge in [0.05, 0.1) is 5.92 Å². The predicted octanol–water partition coefficient (Wildman–Crippen LogP) is 3.08. The van der Waals surface area contributed by atoms with Crippen molar-refractivity contribution in [1.29, 1.82) is 0 Å². The minimum atomic E-state index is -4.08. The van der Waals surface area contributed by atoms with E-state index in [2.05, 4.69) is 22.2 Å². The van der Waals surface area contributed by atoms with Crippen LogP contribution in [-0.2, 0) is 0 Å². The summed E-state index contributed by atoms with van der Waals surface area (Å²) < 4.78 is 37.9. The molecule has 2 heterocycles. The first-order valence-corrected chi connectivity index (χ1v) is 6.88. The van der Waals surface area contributed by atoms with Crippen molar-refractivity contribution < 1.29 is 13.2 Å². The monoisotopic (exact) mass is 288 g/mol. The predicted molar refractivity (Wildman–Crippen MR) is 71.8 cm³/mol. The second kappa shape index (κ2) is 6.28. The van der Waals surface area contributed by atoms with Crippen molar-refractivity contribution in [3.05, 3.63) is 12.4 Å². The Bertz CT molecular complexity index is 428. The molecule has 0 bridgehead atoms. The maximum atomic E-state index is 12.6. The highest BCUT2D eigenvalue weighted by atomic mass is 19.4. The molecule has 7 heteroatoms. The number of halogens is 3. The number of aromatic nitrogens is 2. The van der Waals surface area contributed by atoms with Gasteiger partial charge >= 0.3 is 6.18 Å². The number of hydrogen-bond donors (Lipinski definition) is 1. The normalized spacial score (nSPS) is 17.3. The first kappa shape index (κ1) is 14.9. The van der Waals surface area contributed by atoms with E-state index in [4.69, 9.17) is 0 Å². The fourth-order valence-corrected chi connectivity index (χ4v) is 2.31. The van der Waals surface area contributed by atoms with Gasteiger partial charge in [0.25, 0.3) is 0 Å². The second-order valence-corrected chi connectivity index (χ2v) is 4.99. The van der Waals surface area contributed by atoms with Gasteiger partial charge in [0.15, 0.2) is 0 Å². The molecular formula is C13H19F3N4. The second-order valence-electron chi connectivity index (χ2n) is 4.99. The lowest BCUT2D eigenvalue weighted by molar-refractivity contribution is -0.179. The molecule has 1 fully saturated rings. The average Bonchev–Trinajstić information content (AvgIpc) is 2.45. The summed E-state index contributed by atoms with van der Waals surface area (Å²) in [6.45, 7) is 3.63. The van der Waals surface area contributed by atoms with Crippen molar-refractivity contribution in [2.75, 3.05) is 29.9 Å². The van der Waals surface area contributed by atoms with E-state index in [9.17, 15) is 13.2 Å². The number of nitrogens with zero attached hydrogens (tertiary/aromatic N) is 3. The molecule has 4 nitrogen and oxygen atoms in total. The molecule has 0 atom stereocenters. The van der Waals surface area contributed by atoms with Crippen LogP contribution in [0.1, 0.15) is 26.2 Å². The fourth-order valence-electron chi connectivity index (χ4n) is 2.31. The fraction of sp³-hybridized carbons (Fsp3) is 0.692. The van der Waals surface area contributed by atoms with E-state index >= 15 is 0 Å². The molecule has 1 aliphatic rings. The Kier molecular flexibility index (Phi) is 4.67. The number of hydrogen-bond acceptors (Lipinski definition) is 4. The largest absolute Gasteiger partial charge is 0.391 e. The Morgan fingerprint density at radius 1 is 1.30 bits per heavy atom. The van der Waals surface area contributed by atoms with Crippen LogP contribution in [0.2, 0.25) is 0 Å². The Morgan fingerprint density at radius 2 is 2.00 bits per heavy atom. The molecule has 0 unspecified atom stereocenters. The molecule has 1 aliphatic heterocycles. The highest BCUT2D eigenvalue weighted by molar-refractivity contribution is 5.48. The highest BCUT2D eigenvalue weighted by Crippen LogP contribution is 2.35. The number of piperidine rings is 1. The first-order valence-electron chi connectivity index (χ1n) is 6.88. The summed E-state index contributed by atoms with van der Waals surface area (Å²) in [5.74, 6) is 0.229. The maximum Gasteiger partial charge on any atom is 0.391 e. The van der Waals surface area contributed by atoms with Gasteiger partial charge in [-0.05, 0) is 19.3 Å². The first-order chi connectivity index (χ1) is 9.50. The van der Waals surface area contributed by atoms with E-state index in [-0.39, 0.29) is 12.8 Å². The lowest BCUT2D eigenvalue weighted by Crippen LogP contribution is -2.39. The van der Waals surface area contributed by atoms with Crippen molar-refractivity contribution >= 4 is 11.6 Å². The van der Waals surface area contributed by atoms with Gasteiger partial charge in [0.2, 0.25) is 0 Å². The lowest BCUT2D eigenvalue weighted by atomic mass is 9.96. The highest BCUT2D eigenvalue weighted by Gasteiger charge is 2.41. The van der Waals surface area contributed by atoms with E-state index in [1.54, 1.807) is 6.07 Å². The van der Waals surface area contributed by atoms with Crippen molar-refractivity contribution in [2.45, 2.75) is 32.4 Å². The van der Waals surface area contributed by atoms with Crippen molar-refractivity contribution in [2.24, 2.45) is 5.92 Å². The Balaban J connectivity index is 1.96. The standard InChI is InChI=1S/C13H19F3N4/c1-2-5-17-11-8-12(19-9-18-11)20-6-3-10(4-7-20)13(14,15)16/h8-10H,2-7H2,1H3,(H,17,18,19). The quantitative estimate of drug-likeness (QED) is 0.924. The Morgan fingerprint density at radius 3 is 2.60 bits per heavy atom. The summed E-state index contributed by atoms with van der Waals surface area (Å²) in [6, 6.07) is 1.80. The number of nitrogens with one attached hydrogen (secondary N) is 1. The molecule has 1 aromatic rings. The van der Waals surface area contributed by atoms with E-state index in [0.717, 1.165) is 18.8 Å². The minimum absolute atomic E-state index is 0.130. The summed E-state index contributed by atoms with van der Waals surface area (Å²) >= 11 is 0. The summed E-state index contributed by atoms with van der Waals surface area (Å²) in [5.41, 5.74) is 0. The van der Waals surface area contributed by atoms with Crippen LogP contribution in [0.3, 0.4) is 0 Å². The Hall–Kier alpha value is -1.53. The molecule has 112 valence electrons. The zero-order valence-electron chi connectivity index (χ0n) is 11.5. The summed E-state index contributed by atoms with van der Waals surface area (Å²) in [7, 11) is 0. The van der Waals surface area contributed by atoms with Crippen LogP contribution >= 0.6 is 0 Å². The van der Waals surface area contributed by atoms with Gasteiger partial charge in [0.1, 0.15) is 18.0 Å².